The maximum atomic E-state index is 12.4. The van der Waals surface area contributed by atoms with E-state index in [1.165, 1.54) is 12.3 Å². The van der Waals surface area contributed by atoms with Crippen molar-refractivity contribution in [2.75, 3.05) is 11.9 Å². The van der Waals surface area contributed by atoms with Gasteiger partial charge in [0.1, 0.15) is 5.75 Å². The molecule has 5 nitrogen and oxygen atoms in total. The number of hydrogen-bond acceptors (Lipinski definition) is 4. The zero-order valence-corrected chi connectivity index (χ0v) is 15.3. The molecule has 0 saturated carbocycles. The molecule has 0 spiro atoms. The molecule has 0 bridgehead atoms. The Kier molecular flexibility index (Phi) is 6.89. The number of amides is 1. The number of anilines is 1. The summed E-state index contributed by atoms with van der Waals surface area (Å²) in [7, 11) is 0. The fraction of sp³-hybridized carbons (Fsp3) is 0.0909. The third-order valence-corrected chi connectivity index (χ3v) is 3.88. The van der Waals surface area contributed by atoms with E-state index in [0.29, 0.717) is 11.3 Å². The van der Waals surface area contributed by atoms with Crippen LogP contribution < -0.4 is 10.1 Å². The third-order valence-electron chi connectivity index (χ3n) is 3.88. The molecule has 0 fully saturated rings. The predicted octanol–water partition coefficient (Wildman–Crippen LogP) is 4.94. The second kappa shape index (κ2) is 9.98. The molecule has 0 heterocycles. The molecule has 3 aromatic rings. The first kappa shape index (κ1) is 20.0. The number of carbonyl (C=O) groups is 1. The van der Waals surface area contributed by atoms with Crippen LogP contribution in [-0.4, -0.2) is 25.3 Å². The number of nitrogens with one attached hydrogen (secondary N) is 1. The second-order valence-corrected chi connectivity index (χ2v) is 5.88. The van der Waals surface area contributed by atoms with Gasteiger partial charge >= 0.3 is 6.61 Å². The quantitative estimate of drug-likeness (QED) is 0.433. The monoisotopic (exact) mass is 396 g/mol. The third kappa shape index (κ3) is 5.87. The van der Waals surface area contributed by atoms with E-state index in [1.807, 2.05) is 48.5 Å². The van der Waals surface area contributed by atoms with Gasteiger partial charge in [0.15, 0.2) is 6.61 Å². The van der Waals surface area contributed by atoms with E-state index < -0.39 is 12.5 Å². The lowest BCUT2D eigenvalue weighted by atomic mass is 10.0. The maximum Gasteiger partial charge on any atom is 0.387 e. The second-order valence-electron chi connectivity index (χ2n) is 5.88. The maximum absolute atomic E-state index is 12.4. The molecule has 0 aliphatic heterocycles. The molecule has 29 heavy (non-hydrogen) atoms. The minimum absolute atomic E-state index is 0.0314. The largest absolute Gasteiger partial charge is 0.434 e. The molecule has 3 aromatic carbocycles. The fourth-order valence-electron chi connectivity index (χ4n) is 2.63. The molecule has 1 N–H and O–H groups in total. The normalized spacial score (nSPS) is 10.9. The van der Waals surface area contributed by atoms with Crippen molar-refractivity contribution in [3.05, 3.63) is 84.4 Å². The molecule has 1 amide bonds. The Hall–Kier alpha value is -3.74. The van der Waals surface area contributed by atoms with Gasteiger partial charge in [0.2, 0.25) is 0 Å². The number of alkyl halides is 2. The number of hydrogen-bond donors (Lipinski definition) is 1. The summed E-state index contributed by atoms with van der Waals surface area (Å²) in [4.78, 5) is 17.2. The lowest BCUT2D eigenvalue weighted by Crippen LogP contribution is -2.17. The van der Waals surface area contributed by atoms with Gasteiger partial charge in [0.25, 0.3) is 5.91 Å². The lowest BCUT2D eigenvalue weighted by Gasteiger charge is -2.11. The Morgan fingerprint density at radius 3 is 2.45 bits per heavy atom. The molecule has 0 aromatic heterocycles. The molecular weight excluding hydrogens is 378 g/mol. The van der Waals surface area contributed by atoms with Crippen LogP contribution in [0.4, 0.5) is 14.5 Å². The highest BCUT2D eigenvalue weighted by Gasteiger charge is 2.09. The Labute approximate surface area is 166 Å². The molecule has 148 valence electrons. The number of ether oxygens (including phenoxy) is 1. The summed E-state index contributed by atoms with van der Waals surface area (Å²) >= 11 is 0. The van der Waals surface area contributed by atoms with Crippen molar-refractivity contribution in [1.82, 2.24) is 0 Å². The van der Waals surface area contributed by atoms with Crippen LogP contribution in [0.5, 0.6) is 5.75 Å². The van der Waals surface area contributed by atoms with Crippen LogP contribution >= 0.6 is 0 Å². The summed E-state index contributed by atoms with van der Waals surface area (Å²) in [6, 6.07) is 23.2. The molecule has 0 unspecified atom stereocenters. The Morgan fingerprint density at radius 1 is 0.966 bits per heavy atom. The number of para-hydroxylation sites is 2. The van der Waals surface area contributed by atoms with Crippen molar-refractivity contribution < 1.29 is 23.1 Å². The van der Waals surface area contributed by atoms with Crippen molar-refractivity contribution in [2.45, 2.75) is 6.61 Å². The summed E-state index contributed by atoms with van der Waals surface area (Å²) in [5, 5.41) is 6.44. The van der Waals surface area contributed by atoms with Gasteiger partial charge in [0.05, 0.1) is 6.21 Å². The van der Waals surface area contributed by atoms with Gasteiger partial charge in [-0.15, -0.1) is 0 Å². The molecule has 0 atom stereocenters. The van der Waals surface area contributed by atoms with Gasteiger partial charge in [-0.2, -0.15) is 8.78 Å². The minimum Gasteiger partial charge on any atom is -0.434 e. The first-order valence-electron chi connectivity index (χ1n) is 8.77. The van der Waals surface area contributed by atoms with Crippen LogP contribution in [0, 0.1) is 0 Å². The zero-order valence-electron chi connectivity index (χ0n) is 15.3. The van der Waals surface area contributed by atoms with Gasteiger partial charge in [0, 0.05) is 16.8 Å². The first-order chi connectivity index (χ1) is 14.1. The van der Waals surface area contributed by atoms with Gasteiger partial charge in [-0.25, -0.2) is 0 Å². The van der Waals surface area contributed by atoms with E-state index in [0.717, 1.165) is 11.1 Å². The lowest BCUT2D eigenvalue weighted by molar-refractivity contribution is -0.120. The number of benzene rings is 3. The summed E-state index contributed by atoms with van der Waals surface area (Å²) in [6.07, 6.45) is 1.21. The predicted molar refractivity (Wildman–Crippen MR) is 107 cm³/mol. The SMILES string of the molecule is O=C(CO/N=C/c1ccccc1OC(F)F)Nc1ccccc1-c1ccccc1. The highest BCUT2D eigenvalue weighted by molar-refractivity contribution is 5.96. The van der Waals surface area contributed by atoms with Crippen LogP contribution in [0.25, 0.3) is 11.1 Å². The average Bonchev–Trinajstić information content (AvgIpc) is 2.73. The van der Waals surface area contributed by atoms with E-state index >= 15 is 0 Å². The van der Waals surface area contributed by atoms with E-state index in [9.17, 15) is 13.6 Å². The van der Waals surface area contributed by atoms with Crippen molar-refractivity contribution in [3.63, 3.8) is 0 Å². The molecule has 0 aliphatic carbocycles. The molecule has 0 radical (unpaired) electrons. The van der Waals surface area contributed by atoms with E-state index in [2.05, 4.69) is 15.2 Å². The summed E-state index contributed by atoms with van der Waals surface area (Å²) in [6.45, 7) is -3.28. The average molecular weight is 396 g/mol. The van der Waals surface area contributed by atoms with Crippen LogP contribution in [0.3, 0.4) is 0 Å². The topological polar surface area (TPSA) is 59.9 Å². The van der Waals surface area contributed by atoms with Crippen LogP contribution in [0.2, 0.25) is 0 Å². The van der Waals surface area contributed by atoms with Crippen molar-refractivity contribution >= 4 is 17.8 Å². The standard InChI is InChI=1S/C22H18F2N2O3/c23-22(24)29-20-13-7-4-10-17(20)14-25-28-15-21(27)26-19-12-6-5-11-18(19)16-8-2-1-3-9-16/h1-14,22H,15H2,(H,26,27)/b25-14+. The molecule has 7 heteroatoms. The Morgan fingerprint density at radius 2 is 1.66 bits per heavy atom. The smallest absolute Gasteiger partial charge is 0.387 e. The molecule has 0 saturated heterocycles. The van der Waals surface area contributed by atoms with E-state index in [1.54, 1.807) is 24.3 Å². The minimum atomic E-state index is -2.94. The Bertz CT molecular complexity index is 979. The Balaban J connectivity index is 1.59. The fourth-order valence-corrected chi connectivity index (χ4v) is 2.63. The van der Waals surface area contributed by atoms with Crippen molar-refractivity contribution in [1.29, 1.82) is 0 Å². The first-order valence-corrected chi connectivity index (χ1v) is 8.77. The van der Waals surface area contributed by atoms with Crippen LogP contribution in [-0.2, 0) is 9.63 Å². The van der Waals surface area contributed by atoms with Crippen LogP contribution in [0.1, 0.15) is 5.56 Å². The van der Waals surface area contributed by atoms with Gasteiger partial charge in [-0.3, -0.25) is 4.79 Å². The van der Waals surface area contributed by atoms with Gasteiger partial charge in [-0.05, 0) is 23.8 Å². The molecule has 3 rings (SSSR count). The number of nitrogens with zero attached hydrogens (tertiary/aromatic N) is 1. The number of rotatable bonds is 8. The van der Waals surface area contributed by atoms with Gasteiger partial charge < -0.3 is 14.9 Å². The highest BCUT2D eigenvalue weighted by atomic mass is 19.3. The zero-order chi connectivity index (χ0) is 20.5. The van der Waals surface area contributed by atoms with E-state index in [-0.39, 0.29) is 12.4 Å². The summed E-state index contributed by atoms with van der Waals surface area (Å²) in [5.74, 6) is -0.432. The van der Waals surface area contributed by atoms with Gasteiger partial charge in [-0.1, -0.05) is 65.8 Å². The number of halogens is 2. The van der Waals surface area contributed by atoms with Crippen molar-refractivity contribution in [3.8, 4) is 16.9 Å². The summed E-state index contributed by atoms with van der Waals surface area (Å²) < 4.78 is 29.2. The summed E-state index contributed by atoms with van der Waals surface area (Å²) in [5.41, 5.74) is 2.80. The van der Waals surface area contributed by atoms with Crippen molar-refractivity contribution in [2.24, 2.45) is 5.16 Å². The van der Waals surface area contributed by atoms with E-state index in [4.69, 9.17) is 4.84 Å². The highest BCUT2D eigenvalue weighted by Crippen LogP contribution is 2.27. The molecule has 0 aliphatic rings. The molecular formula is C22H18F2N2O3. The van der Waals surface area contributed by atoms with Crippen LogP contribution in [0.15, 0.2) is 84.0 Å². The number of carbonyl (C=O) groups excluding carboxylic acids is 1. The number of oxime groups is 1.